The fourth-order valence-corrected chi connectivity index (χ4v) is 3.57. The van der Waals surface area contributed by atoms with E-state index in [1.54, 1.807) is 25.7 Å². The van der Waals surface area contributed by atoms with Crippen LogP contribution in [0.1, 0.15) is 113 Å². The average Bonchev–Trinajstić information content (AvgIpc) is 3.49. The second-order valence-electron chi connectivity index (χ2n) is 10.2. The monoisotopic (exact) mass is 523 g/mol. The first-order valence-electron chi connectivity index (χ1n) is 14.0. The van der Waals surface area contributed by atoms with E-state index < -0.39 is 12.1 Å². The van der Waals surface area contributed by atoms with Crippen molar-refractivity contribution in [3.05, 3.63) is 0 Å². The summed E-state index contributed by atoms with van der Waals surface area (Å²) in [7, 11) is 0. The molecule has 2 heterocycles. The van der Waals surface area contributed by atoms with Crippen molar-refractivity contribution >= 4 is 23.6 Å². The molecule has 2 aliphatic rings. The first-order chi connectivity index (χ1) is 17.4. The highest BCUT2D eigenvalue weighted by molar-refractivity contribution is 5.88. The lowest BCUT2D eigenvalue weighted by molar-refractivity contribution is -0.138. The summed E-state index contributed by atoms with van der Waals surface area (Å²) < 4.78 is 0. The van der Waals surface area contributed by atoms with Gasteiger partial charge in [0.1, 0.15) is 12.1 Å². The Morgan fingerprint density at radius 1 is 1.16 bits per heavy atom. The molecule has 0 bridgehead atoms. The molecule has 0 radical (unpaired) electrons. The topological polar surface area (TPSA) is 145 Å². The fraction of sp³-hybridized carbons (Fsp3) is 0.821. The molecule has 0 aromatic carbocycles. The molecule has 2 fully saturated rings. The highest BCUT2D eigenvalue weighted by Gasteiger charge is 2.35. The van der Waals surface area contributed by atoms with Crippen LogP contribution in [-0.4, -0.2) is 53.7 Å². The van der Waals surface area contributed by atoms with Crippen molar-refractivity contribution in [2.45, 2.75) is 125 Å². The molecule has 3 unspecified atom stereocenters. The third-order valence-corrected chi connectivity index (χ3v) is 5.76. The van der Waals surface area contributed by atoms with Crippen LogP contribution in [0.5, 0.6) is 0 Å². The molecular formula is C28H53N5O4. The van der Waals surface area contributed by atoms with Crippen molar-refractivity contribution in [3.63, 3.8) is 0 Å². The lowest BCUT2D eigenvalue weighted by Gasteiger charge is -2.25. The van der Waals surface area contributed by atoms with Crippen molar-refractivity contribution in [3.8, 4) is 6.07 Å². The van der Waals surface area contributed by atoms with Gasteiger partial charge in [0.15, 0.2) is 0 Å². The predicted molar refractivity (Wildman–Crippen MR) is 148 cm³/mol. The second-order valence-corrected chi connectivity index (χ2v) is 10.2. The molecule has 0 aromatic rings. The maximum absolute atomic E-state index is 12.6. The van der Waals surface area contributed by atoms with Gasteiger partial charge in [-0.2, -0.15) is 5.26 Å². The van der Waals surface area contributed by atoms with E-state index in [2.05, 4.69) is 37.5 Å². The van der Waals surface area contributed by atoms with E-state index in [4.69, 9.17) is 5.73 Å². The molecule has 2 aliphatic heterocycles. The van der Waals surface area contributed by atoms with Crippen LogP contribution in [0, 0.1) is 22.7 Å². The van der Waals surface area contributed by atoms with Crippen LogP contribution < -0.4 is 16.4 Å². The lowest BCUT2D eigenvalue weighted by Crippen LogP contribution is -2.49. The fourth-order valence-electron chi connectivity index (χ4n) is 3.57. The van der Waals surface area contributed by atoms with Crippen LogP contribution in [0.15, 0.2) is 0 Å². The molecule has 0 saturated carbocycles. The quantitative estimate of drug-likeness (QED) is 0.411. The molecular weight excluding hydrogens is 470 g/mol. The number of primary amides is 1. The summed E-state index contributed by atoms with van der Waals surface area (Å²) >= 11 is 0. The number of nitrogens with one attached hydrogen (secondary N) is 2. The average molecular weight is 524 g/mol. The highest BCUT2D eigenvalue weighted by Crippen LogP contribution is 2.21. The molecule has 9 heteroatoms. The van der Waals surface area contributed by atoms with Gasteiger partial charge in [0, 0.05) is 30.8 Å². The molecule has 4 N–H and O–H groups in total. The Labute approximate surface area is 225 Å². The number of carbonyl (C=O) groups is 4. The van der Waals surface area contributed by atoms with Gasteiger partial charge in [0.25, 0.3) is 0 Å². The van der Waals surface area contributed by atoms with E-state index in [0.29, 0.717) is 38.8 Å². The van der Waals surface area contributed by atoms with Gasteiger partial charge in [0.05, 0.1) is 6.07 Å². The molecule has 9 nitrogen and oxygen atoms in total. The smallest absolute Gasteiger partial charge is 0.243 e. The highest BCUT2D eigenvalue weighted by atomic mass is 16.2. The summed E-state index contributed by atoms with van der Waals surface area (Å²) in [6, 6.07) is 0.895. The van der Waals surface area contributed by atoms with Gasteiger partial charge in [-0.1, -0.05) is 74.7 Å². The summed E-state index contributed by atoms with van der Waals surface area (Å²) in [6.07, 6.45) is 7.09. The molecule has 0 aromatic heterocycles. The Bertz CT molecular complexity index is 727. The summed E-state index contributed by atoms with van der Waals surface area (Å²) in [5, 5.41) is 14.8. The van der Waals surface area contributed by atoms with Gasteiger partial charge in [-0.05, 0) is 32.1 Å². The normalized spacial score (nSPS) is 18.9. The van der Waals surface area contributed by atoms with E-state index >= 15 is 0 Å². The molecule has 2 saturated heterocycles. The zero-order valence-corrected chi connectivity index (χ0v) is 24.6. The summed E-state index contributed by atoms with van der Waals surface area (Å²) in [6.45, 7) is 16.9. The Balaban J connectivity index is 0. The Kier molecular flexibility index (Phi) is 20.2. The van der Waals surface area contributed by atoms with Gasteiger partial charge in [-0.3, -0.25) is 19.2 Å². The number of rotatable bonds is 8. The van der Waals surface area contributed by atoms with Gasteiger partial charge in [-0.25, -0.2) is 0 Å². The third-order valence-electron chi connectivity index (χ3n) is 5.76. The molecule has 0 aliphatic carbocycles. The number of nitriles is 1. The molecule has 214 valence electrons. The predicted octanol–water partition coefficient (Wildman–Crippen LogP) is 4.05. The number of hydrogen-bond donors (Lipinski definition) is 3. The molecule has 2 rings (SSSR count). The maximum atomic E-state index is 12.6. The molecule has 4 amide bonds. The van der Waals surface area contributed by atoms with Crippen LogP contribution in [0.3, 0.4) is 0 Å². The molecule has 37 heavy (non-hydrogen) atoms. The summed E-state index contributed by atoms with van der Waals surface area (Å²) in [5.41, 5.74) is 4.57. The lowest BCUT2D eigenvalue weighted by atomic mass is 9.96. The van der Waals surface area contributed by atoms with E-state index in [-0.39, 0.29) is 35.0 Å². The van der Waals surface area contributed by atoms with E-state index in [1.165, 1.54) is 6.42 Å². The number of likely N-dealkylation sites (tertiary alicyclic amines) is 1. The number of nitrogens with zero attached hydrogens (tertiary/aromatic N) is 2. The van der Waals surface area contributed by atoms with Gasteiger partial charge in [-0.15, -0.1) is 0 Å². The third kappa shape index (κ3) is 15.3. The summed E-state index contributed by atoms with van der Waals surface area (Å²) in [5.74, 6) is -0.781. The van der Waals surface area contributed by atoms with Gasteiger partial charge >= 0.3 is 0 Å². The van der Waals surface area contributed by atoms with Crippen LogP contribution in [-0.2, 0) is 19.2 Å². The SMILES string of the molecule is CC.CC(C)(C)C(N)=O.CCC.CCCCCC(=O)N1CCCC1C(=O)NC(C#N)CC1CCNC1=O. The number of carbonyl (C=O) groups excluding carboxylic acids is 4. The van der Waals surface area contributed by atoms with Crippen LogP contribution >= 0.6 is 0 Å². The minimum absolute atomic E-state index is 0.0229. The van der Waals surface area contributed by atoms with Gasteiger partial charge < -0.3 is 21.3 Å². The molecule has 3 atom stereocenters. The van der Waals surface area contributed by atoms with Crippen molar-refractivity contribution in [1.82, 2.24) is 15.5 Å². The first kappa shape index (κ1) is 36.5. The molecule has 0 spiro atoms. The zero-order chi connectivity index (χ0) is 29.0. The van der Waals surface area contributed by atoms with Crippen molar-refractivity contribution < 1.29 is 19.2 Å². The Morgan fingerprint density at radius 3 is 2.16 bits per heavy atom. The van der Waals surface area contributed by atoms with Crippen molar-refractivity contribution in [2.75, 3.05) is 13.1 Å². The van der Waals surface area contributed by atoms with Gasteiger partial charge in [0.2, 0.25) is 23.6 Å². The standard InChI is InChI=1S/C18H28N4O3.C5H11NO.C3H8.C2H6/c1-2-3-4-7-16(23)22-10-5-6-15(22)18(25)21-14(12-19)11-13-8-9-20-17(13)24;1-5(2,3)4(6)7;1-3-2;1-2/h13-15H,2-11H2,1H3,(H,20,24)(H,21,25);1-3H3,(H2,6,7);3H2,1-2H3;1-2H3. The van der Waals surface area contributed by atoms with E-state index in [0.717, 1.165) is 25.7 Å². The van der Waals surface area contributed by atoms with E-state index in [1.807, 2.05) is 13.8 Å². The number of nitrogens with two attached hydrogens (primary N) is 1. The Morgan fingerprint density at radius 2 is 1.73 bits per heavy atom. The minimum atomic E-state index is -0.695. The van der Waals surface area contributed by atoms with E-state index in [9.17, 15) is 24.4 Å². The van der Waals surface area contributed by atoms with Crippen LogP contribution in [0.2, 0.25) is 0 Å². The van der Waals surface area contributed by atoms with Crippen molar-refractivity contribution in [2.24, 2.45) is 17.1 Å². The number of unbranched alkanes of at least 4 members (excludes halogenated alkanes) is 2. The minimum Gasteiger partial charge on any atom is -0.369 e. The largest absolute Gasteiger partial charge is 0.369 e. The number of amides is 4. The number of hydrogen-bond acceptors (Lipinski definition) is 5. The second kappa shape index (κ2) is 20.4. The van der Waals surface area contributed by atoms with Crippen molar-refractivity contribution in [1.29, 1.82) is 5.26 Å². The van der Waals surface area contributed by atoms with Crippen LogP contribution in [0.25, 0.3) is 0 Å². The summed E-state index contributed by atoms with van der Waals surface area (Å²) in [4.78, 5) is 48.4. The maximum Gasteiger partial charge on any atom is 0.243 e. The Hall–Kier alpha value is -2.63. The first-order valence-corrected chi connectivity index (χ1v) is 14.0. The van der Waals surface area contributed by atoms with Crippen LogP contribution in [0.4, 0.5) is 0 Å². The zero-order valence-electron chi connectivity index (χ0n) is 24.6.